The number of benzene rings is 3. The van der Waals surface area contributed by atoms with Crippen LogP contribution in [0.2, 0.25) is 0 Å². The first-order chi connectivity index (χ1) is 13.2. The van der Waals surface area contributed by atoms with Crippen LogP contribution in [0.25, 0.3) is 11.1 Å². The summed E-state index contributed by atoms with van der Waals surface area (Å²) in [7, 11) is 0. The van der Waals surface area contributed by atoms with Gasteiger partial charge in [-0.3, -0.25) is 0 Å². The third-order valence-electron chi connectivity index (χ3n) is 5.86. The molecule has 27 heavy (non-hydrogen) atoms. The molecule has 2 aliphatic carbocycles. The number of hydrogen-bond donors (Lipinski definition) is 1. The molecule has 5 rings (SSSR count). The van der Waals surface area contributed by atoms with Crippen molar-refractivity contribution >= 4 is 0 Å². The van der Waals surface area contributed by atoms with Gasteiger partial charge in [-0.2, -0.15) is 0 Å². The van der Waals surface area contributed by atoms with Crippen LogP contribution in [0.3, 0.4) is 0 Å². The van der Waals surface area contributed by atoms with Crippen molar-refractivity contribution in [1.29, 1.82) is 0 Å². The molecule has 1 nitrogen and oxygen atoms in total. The van der Waals surface area contributed by atoms with Gasteiger partial charge in [-0.1, -0.05) is 91.5 Å². The van der Waals surface area contributed by atoms with Crippen molar-refractivity contribution in [3.8, 4) is 11.1 Å². The molecular weight excluding hydrogens is 326 g/mol. The molecule has 0 radical (unpaired) electrons. The lowest BCUT2D eigenvalue weighted by Crippen LogP contribution is -2.30. The summed E-state index contributed by atoms with van der Waals surface area (Å²) in [6.07, 6.45) is 6.89. The van der Waals surface area contributed by atoms with Crippen LogP contribution < -0.4 is 5.73 Å². The third kappa shape index (κ3) is 2.12. The Bertz CT molecular complexity index is 1080. The van der Waals surface area contributed by atoms with Gasteiger partial charge in [0.25, 0.3) is 0 Å². The first-order valence-corrected chi connectivity index (χ1v) is 9.33. The quantitative estimate of drug-likeness (QED) is 0.570. The minimum atomic E-state index is -0.390. The van der Waals surface area contributed by atoms with Gasteiger partial charge in [0.1, 0.15) is 0 Å². The summed E-state index contributed by atoms with van der Waals surface area (Å²) < 4.78 is 0. The van der Waals surface area contributed by atoms with Gasteiger partial charge in [0.2, 0.25) is 0 Å². The van der Waals surface area contributed by atoms with E-state index in [1.165, 1.54) is 33.4 Å². The normalized spacial score (nSPS) is 19.7. The Balaban J connectivity index is 1.96. The van der Waals surface area contributed by atoms with Gasteiger partial charge in [-0.15, -0.1) is 0 Å². The molecule has 0 saturated carbocycles. The van der Waals surface area contributed by atoms with Crippen molar-refractivity contribution in [2.75, 3.05) is 0 Å². The number of allylic oxidation sites excluding steroid dienone is 5. The number of fused-ring (bicyclic) bond motifs is 7. The standard InChI is InChI=1S/C26H21N/c1-18-9-8-11-20(27)17-19-10-2-5-14-23(19)26(18)24-15-6-3-12-21(24)22-13-4-7-16-25(22)26/h2-16H,1,17,27H2/b9-8-,20-11+. The molecule has 3 aromatic carbocycles. The maximum absolute atomic E-state index is 6.29. The zero-order chi connectivity index (χ0) is 18.4. The molecule has 1 spiro atoms. The summed E-state index contributed by atoms with van der Waals surface area (Å²) in [6, 6.07) is 26.1. The van der Waals surface area contributed by atoms with Crippen LogP contribution in [0, 0.1) is 0 Å². The summed E-state index contributed by atoms with van der Waals surface area (Å²) in [5.41, 5.74) is 15.5. The van der Waals surface area contributed by atoms with Crippen LogP contribution in [0.15, 0.2) is 109 Å². The minimum absolute atomic E-state index is 0.390. The second-order valence-corrected chi connectivity index (χ2v) is 7.30. The summed E-state index contributed by atoms with van der Waals surface area (Å²) >= 11 is 0. The molecule has 2 N–H and O–H groups in total. The third-order valence-corrected chi connectivity index (χ3v) is 5.86. The fourth-order valence-electron chi connectivity index (χ4n) is 4.78. The van der Waals surface area contributed by atoms with E-state index in [0.717, 1.165) is 17.7 Å². The molecule has 2 aliphatic rings. The number of rotatable bonds is 0. The van der Waals surface area contributed by atoms with Crippen molar-refractivity contribution < 1.29 is 0 Å². The van der Waals surface area contributed by atoms with E-state index < -0.39 is 5.41 Å². The van der Waals surface area contributed by atoms with E-state index in [1.54, 1.807) is 0 Å². The Morgan fingerprint density at radius 3 is 1.96 bits per heavy atom. The maximum atomic E-state index is 6.29. The predicted octanol–water partition coefficient (Wildman–Crippen LogP) is 5.51. The molecular formula is C26H21N. The average Bonchev–Trinajstić information content (AvgIpc) is 3.01. The summed E-state index contributed by atoms with van der Waals surface area (Å²) in [4.78, 5) is 0. The zero-order valence-corrected chi connectivity index (χ0v) is 15.2. The van der Waals surface area contributed by atoms with Crippen molar-refractivity contribution in [1.82, 2.24) is 0 Å². The molecule has 130 valence electrons. The van der Waals surface area contributed by atoms with Crippen molar-refractivity contribution in [2.24, 2.45) is 5.73 Å². The molecule has 0 aliphatic heterocycles. The Kier molecular flexibility index (Phi) is 3.45. The highest BCUT2D eigenvalue weighted by Crippen LogP contribution is 2.56. The van der Waals surface area contributed by atoms with Crippen molar-refractivity contribution in [2.45, 2.75) is 11.8 Å². The van der Waals surface area contributed by atoms with Crippen LogP contribution in [0.4, 0.5) is 0 Å². The van der Waals surface area contributed by atoms with E-state index in [-0.39, 0.29) is 0 Å². The van der Waals surface area contributed by atoms with E-state index in [4.69, 9.17) is 5.73 Å². The molecule has 1 heteroatoms. The summed E-state index contributed by atoms with van der Waals surface area (Å²) in [6.45, 7) is 4.56. The first-order valence-electron chi connectivity index (χ1n) is 9.33. The van der Waals surface area contributed by atoms with Crippen LogP contribution >= 0.6 is 0 Å². The summed E-state index contributed by atoms with van der Waals surface area (Å²) in [5, 5.41) is 0. The zero-order valence-electron chi connectivity index (χ0n) is 15.2. The van der Waals surface area contributed by atoms with E-state index in [9.17, 15) is 0 Å². The lowest BCUT2D eigenvalue weighted by atomic mass is 9.66. The van der Waals surface area contributed by atoms with Crippen LogP contribution in [-0.2, 0) is 11.8 Å². The van der Waals surface area contributed by atoms with E-state index in [1.807, 2.05) is 12.2 Å². The summed E-state index contributed by atoms with van der Waals surface area (Å²) in [5.74, 6) is 0. The molecule has 0 aromatic heterocycles. The van der Waals surface area contributed by atoms with Crippen LogP contribution in [0.5, 0.6) is 0 Å². The van der Waals surface area contributed by atoms with Crippen LogP contribution in [0.1, 0.15) is 22.3 Å². The van der Waals surface area contributed by atoms with Crippen molar-refractivity contribution in [3.63, 3.8) is 0 Å². The van der Waals surface area contributed by atoms with Gasteiger partial charge in [-0.05, 0) is 45.0 Å². The maximum Gasteiger partial charge on any atom is 0.0710 e. The monoisotopic (exact) mass is 347 g/mol. The van der Waals surface area contributed by atoms with Gasteiger partial charge in [0.05, 0.1) is 5.41 Å². The molecule has 0 amide bonds. The van der Waals surface area contributed by atoms with Gasteiger partial charge in [-0.25, -0.2) is 0 Å². The molecule has 0 fully saturated rings. The van der Waals surface area contributed by atoms with Gasteiger partial charge < -0.3 is 5.73 Å². The lowest BCUT2D eigenvalue weighted by molar-refractivity contribution is 0.758. The molecule has 0 saturated heterocycles. The molecule has 3 aromatic rings. The largest absolute Gasteiger partial charge is 0.402 e. The SMILES string of the molecule is C=C1/C=C\C=C(\N)Cc2ccccc2C12c1ccccc1-c1ccccc12. The first kappa shape index (κ1) is 15.9. The van der Waals surface area contributed by atoms with Gasteiger partial charge in [0.15, 0.2) is 0 Å². The minimum Gasteiger partial charge on any atom is -0.402 e. The van der Waals surface area contributed by atoms with Crippen LogP contribution in [-0.4, -0.2) is 0 Å². The molecule has 0 unspecified atom stereocenters. The Hall–Kier alpha value is -3.32. The highest BCUT2D eigenvalue weighted by atomic mass is 14.6. The predicted molar refractivity (Wildman–Crippen MR) is 112 cm³/mol. The molecule has 0 heterocycles. The van der Waals surface area contributed by atoms with E-state index >= 15 is 0 Å². The van der Waals surface area contributed by atoms with Gasteiger partial charge in [0, 0.05) is 12.1 Å². The molecule has 0 bridgehead atoms. The highest BCUT2D eigenvalue weighted by molar-refractivity contribution is 5.86. The lowest BCUT2D eigenvalue weighted by Gasteiger charge is -2.35. The van der Waals surface area contributed by atoms with E-state index in [0.29, 0.717) is 0 Å². The van der Waals surface area contributed by atoms with Crippen molar-refractivity contribution in [3.05, 3.63) is 131 Å². The van der Waals surface area contributed by atoms with E-state index in [2.05, 4.69) is 85.5 Å². The smallest absolute Gasteiger partial charge is 0.0710 e. The molecule has 0 atom stereocenters. The van der Waals surface area contributed by atoms with Gasteiger partial charge >= 0.3 is 0 Å². The highest BCUT2D eigenvalue weighted by Gasteiger charge is 2.46. The topological polar surface area (TPSA) is 26.0 Å². The second kappa shape index (κ2) is 5.85. The second-order valence-electron chi connectivity index (χ2n) is 7.30. The Morgan fingerprint density at radius 1 is 0.741 bits per heavy atom. The fourth-order valence-corrected chi connectivity index (χ4v) is 4.78. The Labute approximate surface area is 160 Å². The Morgan fingerprint density at radius 2 is 1.30 bits per heavy atom. The number of nitrogens with two attached hydrogens (primary N) is 1. The fraction of sp³-hybridized carbons (Fsp3) is 0.0769. The number of hydrogen-bond acceptors (Lipinski definition) is 1. The average molecular weight is 347 g/mol.